The number of hydrogen-bond acceptors (Lipinski definition) is 3. The summed E-state index contributed by atoms with van der Waals surface area (Å²) >= 11 is 0. The van der Waals surface area contributed by atoms with Crippen molar-refractivity contribution in [2.45, 2.75) is 45.1 Å². The fourth-order valence-corrected chi connectivity index (χ4v) is 3.05. The van der Waals surface area contributed by atoms with Crippen LogP contribution in [0.2, 0.25) is 0 Å². The molecule has 3 N–H and O–H groups in total. The number of nitrogens with zero attached hydrogens (tertiary/aromatic N) is 2. The van der Waals surface area contributed by atoms with Crippen molar-refractivity contribution in [3.05, 3.63) is 24.3 Å². The number of halogens is 1. The van der Waals surface area contributed by atoms with Gasteiger partial charge in [-0.2, -0.15) is 0 Å². The van der Waals surface area contributed by atoms with Gasteiger partial charge in [-0.05, 0) is 44.5 Å². The Morgan fingerprint density at radius 2 is 2.17 bits per heavy atom. The van der Waals surface area contributed by atoms with E-state index >= 15 is 0 Å². The summed E-state index contributed by atoms with van der Waals surface area (Å²) in [5.41, 5.74) is 6.91. The molecule has 1 atom stereocenters. The lowest BCUT2D eigenvalue weighted by atomic mass is 10.0. The number of rotatable bonds is 7. The van der Waals surface area contributed by atoms with Gasteiger partial charge in [-0.15, -0.1) is 24.0 Å². The fourth-order valence-electron chi connectivity index (χ4n) is 3.05. The number of nitrogens with one attached hydrogen (secondary N) is 1. The van der Waals surface area contributed by atoms with Gasteiger partial charge in [0.15, 0.2) is 5.96 Å². The summed E-state index contributed by atoms with van der Waals surface area (Å²) < 4.78 is 5.32. The molecule has 1 aromatic carbocycles. The van der Waals surface area contributed by atoms with Gasteiger partial charge in [0.05, 0.1) is 19.3 Å². The fraction of sp³-hybridized carbons (Fsp3) is 0.611. The number of para-hydroxylation sites is 2. The maximum absolute atomic E-state index is 6.06. The van der Waals surface area contributed by atoms with Crippen LogP contribution in [0.1, 0.15) is 39.0 Å². The minimum Gasteiger partial charge on any atom is -0.495 e. The third-order valence-corrected chi connectivity index (χ3v) is 4.39. The van der Waals surface area contributed by atoms with Gasteiger partial charge in [-0.1, -0.05) is 31.9 Å². The van der Waals surface area contributed by atoms with Gasteiger partial charge in [-0.25, -0.2) is 0 Å². The van der Waals surface area contributed by atoms with Crippen LogP contribution in [0.4, 0.5) is 5.69 Å². The van der Waals surface area contributed by atoms with Gasteiger partial charge in [0.25, 0.3) is 0 Å². The molecular formula is C18H31IN4O. The Morgan fingerprint density at radius 1 is 1.38 bits per heavy atom. The topological polar surface area (TPSA) is 62.9 Å². The molecule has 1 aliphatic heterocycles. The van der Waals surface area contributed by atoms with E-state index in [1.165, 1.54) is 45.2 Å². The first-order chi connectivity index (χ1) is 11.2. The van der Waals surface area contributed by atoms with Gasteiger partial charge < -0.3 is 15.8 Å². The predicted octanol–water partition coefficient (Wildman–Crippen LogP) is 3.69. The number of ether oxygens (including phenoxy) is 1. The highest BCUT2D eigenvalue weighted by Gasteiger charge is 2.21. The number of guanidine groups is 1. The third kappa shape index (κ3) is 6.47. The monoisotopic (exact) mass is 446 g/mol. The molecule has 0 aromatic heterocycles. The molecule has 0 saturated carbocycles. The lowest BCUT2D eigenvalue weighted by molar-refractivity contribution is 0.151. The molecule has 0 radical (unpaired) electrons. The van der Waals surface area contributed by atoms with E-state index in [0.717, 1.165) is 18.0 Å². The summed E-state index contributed by atoms with van der Waals surface area (Å²) in [6.07, 6.45) is 6.32. The number of benzene rings is 1. The van der Waals surface area contributed by atoms with Crippen molar-refractivity contribution in [1.29, 1.82) is 0 Å². The van der Waals surface area contributed by atoms with Crippen LogP contribution in [0.15, 0.2) is 29.3 Å². The number of unbranched alkanes of at least 4 members (excludes halogenated alkanes) is 1. The summed E-state index contributed by atoms with van der Waals surface area (Å²) in [4.78, 5) is 7.14. The predicted molar refractivity (Wildman–Crippen MR) is 113 cm³/mol. The number of anilines is 1. The number of nitrogens with two attached hydrogens (primary N) is 1. The van der Waals surface area contributed by atoms with Crippen LogP contribution in [0.5, 0.6) is 5.75 Å². The Labute approximate surface area is 163 Å². The van der Waals surface area contributed by atoms with Crippen LogP contribution in [0.25, 0.3) is 0 Å². The zero-order valence-corrected chi connectivity index (χ0v) is 17.2. The Hall–Kier alpha value is -1.02. The average Bonchev–Trinajstić information content (AvgIpc) is 2.59. The number of likely N-dealkylation sites (tertiary alicyclic amines) is 1. The Morgan fingerprint density at radius 3 is 2.92 bits per heavy atom. The highest BCUT2D eigenvalue weighted by molar-refractivity contribution is 14.0. The van der Waals surface area contributed by atoms with Gasteiger partial charge >= 0.3 is 0 Å². The summed E-state index contributed by atoms with van der Waals surface area (Å²) in [6, 6.07) is 8.25. The Kier molecular flexibility index (Phi) is 10.1. The first-order valence-corrected chi connectivity index (χ1v) is 8.68. The molecule has 1 aliphatic rings. The van der Waals surface area contributed by atoms with Gasteiger partial charge in [-0.3, -0.25) is 9.89 Å². The molecule has 2 rings (SSSR count). The standard InChI is InChI=1S/C18H30N4O.HI/c1-3-4-12-22-13-8-7-9-15(22)14-20-18(19)21-16-10-5-6-11-17(16)23-2;/h5-6,10-11,15H,3-4,7-9,12-14H2,1-2H3,(H3,19,20,21);1H. The van der Waals surface area contributed by atoms with E-state index in [1.807, 2.05) is 24.3 Å². The zero-order chi connectivity index (χ0) is 16.5. The van der Waals surface area contributed by atoms with Crippen molar-refractivity contribution in [3.8, 4) is 5.75 Å². The SMILES string of the molecule is CCCCN1CCCCC1CN=C(N)Nc1ccccc1OC.I. The molecule has 1 heterocycles. The highest BCUT2D eigenvalue weighted by atomic mass is 127. The van der Waals surface area contributed by atoms with Crippen LogP contribution in [-0.4, -0.2) is 43.6 Å². The number of aliphatic imine (C=N–C) groups is 1. The highest BCUT2D eigenvalue weighted by Crippen LogP contribution is 2.23. The molecule has 0 spiro atoms. The summed E-state index contributed by atoms with van der Waals surface area (Å²) in [6.45, 7) is 5.38. The maximum atomic E-state index is 6.06. The lowest BCUT2D eigenvalue weighted by Crippen LogP contribution is -2.42. The molecule has 0 aliphatic carbocycles. The molecule has 5 nitrogen and oxygen atoms in total. The molecular weight excluding hydrogens is 415 g/mol. The van der Waals surface area contributed by atoms with E-state index in [-0.39, 0.29) is 24.0 Å². The second-order valence-electron chi connectivity index (χ2n) is 6.09. The van der Waals surface area contributed by atoms with E-state index in [0.29, 0.717) is 12.0 Å². The molecule has 1 saturated heterocycles. The van der Waals surface area contributed by atoms with Crippen LogP contribution in [0.3, 0.4) is 0 Å². The first kappa shape index (κ1) is 21.0. The smallest absolute Gasteiger partial charge is 0.193 e. The molecule has 6 heteroatoms. The number of hydrogen-bond donors (Lipinski definition) is 2. The first-order valence-electron chi connectivity index (χ1n) is 8.68. The minimum atomic E-state index is 0. The maximum Gasteiger partial charge on any atom is 0.193 e. The van der Waals surface area contributed by atoms with E-state index < -0.39 is 0 Å². The van der Waals surface area contributed by atoms with E-state index in [9.17, 15) is 0 Å². The van der Waals surface area contributed by atoms with E-state index in [4.69, 9.17) is 10.5 Å². The number of piperidine rings is 1. The van der Waals surface area contributed by atoms with Crippen molar-refractivity contribution in [1.82, 2.24) is 4.90 Å². The van der Waals surface area contributed by atoms with Crippen molar-refractivity contribution in [3.63, 3.8) is 0 Å². The quantitative estimate of drug-likeness (QED) is 0.381. The van der Waals surface area contributed by atoms with Crippen molar-refractivity contribution in [2.75, 3.05) is 32.1 Å². The molecule has 1 aromatic rings. The van der Waals surface area contributed by atoms with Crippen LogP contribution in [-0.2, 0) is 0 Å². The van der Waals surface area contributed by atoms with Crippen LogP contribution in [0, 0.1) is 0 Å². The molecule has 1 fully saturated rings. The van der Waals surface area contributed by atoms with Crippen LogP contribution >= 0.6 is 24.0 Å². The second-order valence-corrected chi connectivity index (χ2v) is 6.09. The third-order valence-electron chi connectivity index (χ3n) is 4.39. The summed E-state index contributed by atoms with van der Waals surface area (Å²) in [5, 5.41) is 3.14. The Bertz CT molecular complexity index is 510. The van der Waals surface area contributed by atoms with E-state index in [1.54, 1.807) is 7.11 Å². The molecule has 1 unspecified atom stereocenters. The molecule has 24 heavy (non-hydrogen) atoms. The second kappa shape index (κ2) is 11.5. The van der Waals surface area contributed by atoms with Crippen LogP contribution < -0.4 is 15.8 Å². The normalized spacial score (nSPS) is 18.8. The average molecular weight is 446 g/mol. The van der Waals surface area contributed by atoms with Gasteiger partial charge in [0.2, 0.25) is 0 Å². The van der Waals surface area contributed by atoms with Crippen molar-refractivity contribution in [2.24, 2.45) is 10.7 Å². The lowest BCUT2D eigenvalue weighted by Gasteiger charge is -2.34. The van der Waals surface area contributed by atoms with Crippen molar-refractivity contribution >= 4 is 35.6 Å². The summed E-state index contributed by atoms with van der Waals surface area (Å²) in [5.74, 6) is 1.23. The molecule has 0 bridgehead atoms. The minimum absolute atomic E-state index is 0. The Balaban J connectivity index is 0.00000288. The van der Waals surface area contributed by atoms with Gasteiger partial charge in [0.1, 0.15) is 5.75 Å². The summed E-state index contributed by atoms with van der Waals surface area (Å²) in [7, 11) is 1.65. The molecule has 136 valence electrons. The number of methoxy groups -OCH3 is 1. The largest absolute Gasteiger partial charge is 0.495 e. The van der Waals surface area contributed by atoms with Crippen molar-refractivity contribution < 1.29 is 4.74 Å². The van der Waals surface area contributed by atoms with Gasteiger partial charge in [0, 0.05) is 6.04 Å². The zero-order valence-electron chi connectivity index (χ0n) is 14.8. The molecule has 0 amide bonds. The van der Waals surface area contributed by atoms with E-state index in [2.05, 4.69) is 22.1 Å².